The van der Waals surface area contributed by atoms with E-state index in [1.165, 1.54) is 12.8 Å². The molecule has 0 atom stereocenters. The summed E-state index contributed by atoms with van der Waals surface area (Å²) in [5, 5.41) is 0. The van der Waals surface area contributed by atoms with Crippen LogP contribution in [0.5, 0.6) is 0 Å². The zero-order valence-electron chi connectivity index (χ0n) is 8.21. The van der Waals surface area contributed by atoms with Gasteiger partial charge in [-0.3, -0.25) is 0 Å². The summed E-state index contributed by atoms with van der Waals surface area (Å²) in [6, 6.07) is 0.143. The summed E-state index contributed by atoms with van der Waals surface area (Å²) in [7, 11) is 3.72. The standard InChI is InChI=1S/C9H18N2O/c1-4-10(2)9(12)11(3)7-8-5-6-8/h8H,4-7H2,1-3H3. The quantitative estimate of drug-likeness (QED) is 0.628. The molecule has 0 N–H and O–H groups in total. The van der Waals surface area contributed by atoms with Crippen LogP contribution in [0.1, 0.15) is 19.8 Å². The van der Waals surface area contributed by atoms with Crippen LogP contribution in [0.25, 0.3) is 0 Å². The SMILES string of the molecule is CCN(C)C(=O)N(C)CC1CC1. The van der Waals surface area contributed by atoms with Crippen molar-refractivity contribution in [3.05, 3.63) is 0 Å². The minimum atomic E-state index is 0.143. The number of carbonyl (C=O) groups excluding carboxylic acids is 1. The van der Waals surface area contributed by atoms with E-state index in [1.54, 1.807) is 4.90 Å². The molecule has 0 heterocycles. The maximum absolute atomic E-state index is 11.5. The Morgan fingerprint density at radius 1 is 1.33 bits per heavy atom. The van der Waals surface area contributed by atoms with Gasteiger partial charge in [-0.15, -0.1) is 0 Å². The van der Waals surface area contributed by atoms with Gasteiger partial charge in [0, 0.05) is 27.2 Å². The first kappa shape index (κ1) is 9.36. The minimum absolute atomic E-state index is 0.143. The second-order valence-electron chi connectivity index (χ2n) is 3.62. The molecule has 2 amide bonds. The maximum Gasteiger partial charge on any atom is 0.319 e. The van der Waals surface area contributed by atoms with Crippen molar-refractivity contribution in [2.45, 2.75) is 19.8 Å². The van der Waals surface area contributed by atoms with Gasteiger partial charge in [0.05, 0.1) is 0 Å². The Morgan fingerprint density at radius 2 is 1.92 bits per heavy atom. The Kier molecular flexibility index (Phi) is 2.95. The van der Waals surface area contributed by atoms with E-state index in [4.69, 9.17) is 0 Å². The molecule has 1 saturated carbocycles. The van der Waals surface area contributed by atoms with Crippen molar-refractivity contribution < 1.29 is 4.79 Å². The molecule has 0 aromatic carbocycles. The van der Waals surface area contributed by atoms with Gasteiger partial charge in [0.15, 0.2) is 0 Å². The molecule has 1 aliphatic carbocycles. The zero-order chi connectivity index (χ0) is 9.14. The zero-order valence-corrected chi connectivity index (χ0v) is 8.21. The Labute approximate surface area is 74.3 Å². The average Bonchev–Trinajstić information content (AvgIpc) is 2.85. The first-order valence-electron chi connectivity index (χ1n) is 4.61. The van der Waals surface area contributed by atoms with Crippen LogP contribution in [0.4, 0.5) is 4.79 Å². The second-order valence-corrected chi connectivity index (χ2v) is 3.62. The number of urea groups is 1. The van der Waals surface area contributed by atoms with E-state index < -0.39 is 0 Å². The van der Waals surface area contributed by atoms with Crippen molar-refractivity contribution in [1.82, 2.24) is 9.80 Å². The highest BCUT2D eigenvalue weighted by molar-refractivity contribution is 5.73. The molecular formula is C9H18N2O. The van der Waals surface area contributed by atoms with Crippen LogP contribution in [0.15, 0.2) is 0 Å². The van der Waals surface area contributed by atoms with E-state index >= 15 is 0 Å². The minimum Gasteiger partial charge on any atom is -0.328 e. The molecule has 0 aromatic heterocycles. The fourth-order valence-corrected chi connectivity index (χ4v) is 1.19. The Bertz CT molecular complexity index is 166. The van der Waals surface area contributed by atoms with Gasteiger partial charge >= 0.3 is 6.03 Å². The summed E-state index contributed by atoms with van der Waals surface area (Å²) in [4.78, 5) is 15.0. The van der Waals surface area contributed by atoms with E-state index in [2.05, 4.69) is 0 Å². The largest absolute Gasteiger partial charge is 0.328 e. The highest BCUT2D eigenvalue weighted by Crippen LogP contribution is 2.29. The van der Waals surface area contributed by atoms with Gasteiger partial charge in [-0.1, -0.05) is 0 Å². The molecule has 3 nitrogen and oxygen atoms in total. The molecule has 0 saturated heterocycles. The summed E-state index contributed by atoms with van der Waals surface area (Å²) in [5.41, 5.74) is 0. The van der Waals surface area contributed by atoms with E-state index in [0.717, 1.165) is 19.0 Å². The summed E-state index contributed by atoms with van der Waals surface area (Å²) >= 11 is 0. The predicted molar refractivity (Wildman–Crippen MR) is 49.1 cm³/mol. The number of rotatable bonds is 3. The Hall–Kier alpha value is -0.730. The third-order valence-corrected chi connectivity index (χ3v) is 2.36. The summed E-state index contributed by atoms with van der Waals surface area (Å²) in [5.74, 6) is 0.782. The smallest absolute Gasteiger partial charge is 0.319 e. The first-order valence-corrected chi connectivity index (χ1v) is 4.61. The molecular weight excluding hydrogens is 152 g/mol. The Balaban J connectivity index is 2.28. The van der Waals surface area contributed by atoms with Crippen LogP contribution >= 0.6 is 0 Å². The van der Waals surface area contributed by atoms with Gasteiger partial charge in [-0.05, 0) is 25.7 Å². The van der Waals surface area contributed by atoms with Gasteiger partial charge in [0.2, 0.25) is 0 Å². The lowest BCUT2D eigenvalue weighted by molar-refractivity contribution is 0.173. The molecule has 0 aromatic rings. The van der Waals surface area contributed by atoms with Crippen LogP contribution in [0.3, 0.4) is 0 Å². The monoisotopic (exact) mass is 170 g/mol. The molecule has 0 bridgehead atoms. The highest BCUT2D eigenvalue weighted by Gasteiger charge is 2.25. The van der Waals surface area contributed by atoms with Gasteiger partial charge in [0.1, 0.15) is 0 Å². The maximum atomic E-state index is 11.5. The molecule has 12 heavy (non-hydrogen) atoms. The van der Waals surface area contributed by atoms with Crippen molar-refractivity contribution in [1.29, 1.82) is 0 Å². The Morgan fingerprint density at radius 3 is 2.33 bits per heavy atom. The fourth-order valence-electron chi connectivity index (χ4n) is 1.19. The molecule has 0 unspecified atom stereocenters. The van der Waals surface area contributed by atoms with Gasteiger partial charge in [0.25, 0.3) is 0 Å². The van der Waals surface area contributed by atoms with Crippen molar-refractivity contribution in [3.63, 3.8) is 0 Å². The summed E-state index contributed by atoms with van der Waals surface area (Å²) in [6.45, 7) is 3.71. The van der Waals surface area contributed by atoms with E-state index in [1.807, 2.05) is 25.9 Å². The van der Waals surface area contributed by atoms with Crippen LogP contribution in [0, 0.1) is 5.92 Å². The third kappa shape index (κ3) is 2.40. The molecule has 1 fully saturated rings. The predicted octanol–water partition coefficient (Wildman–Crippen LogP) is 1.40. The lowest BCUT2D eigenvalue weighted by Gasteiger charge is -2.23. The molecule has 70 valence electrons. The number of carbonyl (C=O) groups is 1. The first-order chi connectivity index (χ1) is 5.65. The van der Waals surface area contributed by atoms with Crippen molar-refractivity contribution in [3.8, 4) is 0 Å². The molecule has 0 radical (unpaired) electrons. The highest BCUT2D eigenvalue weighted by atomic mass is 16.2. The van der Waals surface area contributed by atoms with E-state index in [0.29, 0.717) is 0 Å². The van der Waals surface area contributed by atoms with Crippen LogP contribution in [0.2, 0.25) is 0 Å². The molecule has 0 aliphatic heterocycles. The van der Waals surface area contributed by atoms with Crippen LogP contribution < -0.4 is 0 Å². The van der Waals surface area contributed by atoms with Crippen molar-refractivity contribution in [2.24, 2.45) is 5.92 Å². The molecule has 1 aliphatic rings. The lowest BCUT2D eigenvalue weighted by Crippen LogP contribution is -2.39. The molecule has 1 rings (SSSR count). The van der Waals surface area contributed by atoms with Crippen molar-refractivity contribution in [2.75, 3.05) is 27.2 Å². The summed E-state index contributed by atoms with van der Waals surface area (Å²) < 4.78 is 0. The van der Waals surface area contributed by atoms with Crippen LogP contribution in [-0.4, -0.2) is 43.0 Å². The second kappa shape index (κ2) is 3.78. The van der Waals surface area contributed by atoms with E-state index in [-0.39, 0.29) is 6.03 Å². The molecule has 3 heteroatoms. The number of hydrogen-bond donors (Lipinski definition) is 0. The third-order valence-electron chi connectivity index (χ3n) is 2.36. The lowest BCUT2D eigenvalue weighted by atomic mass is 10.4. The van der Waals surface area contributed by atoms with E-state index in [9.17, 15) is 4.79 Å². The summed E-state index contributed by atoms with van der Waals surface area (Å²) in [6.07, 6.45) is 2.60. The number of amides is 2. The molecule has 0 spiro atoms. The van der Waals surface area contributed by atoms with Gasteiger partial charge < -0.3 is 9.80 Å². The van der Waals surface area contributed by atoms with Gasteiger partial charge in [-0.2, -0.15) is 0 Å². The fraction of sp³-hybridized carbons (Fsp3) is 0.889. The van der Waals surface area contributed by atoms with Crippen molar-refractivity contribution >= 4 is 6.03 Å². The number of hydrogen-bond acceptors (Lipinski definition) is 1. The normalized spacial score (nSPS) is 15.9. The average molecular weight is 170 g/mol. The van der Waals surface area contributed by atoms with Gasteiger partial charge in [-0.25, -0.2) is 4.79 Å². The topological polar surface area (TPSA) is 23.6 Å². The number of nitrogens with zero attached hydrogens (tertiary/aromatic N) is 2. The van der Waals surface area contributed by atoms with Crippen LogP contribution in [-0.2, 0) is 0 Å².